The zero-order valence-corrected chi connectivity index (χ0v) is 16.8. The lowest BCUT2D eigenvalue weighted by molar-refractivity contribution is 0.174. The van der Waals surface area contributed by atoms with Gasteiger partial charge in [-0.25, -0.2) is 15.0 Å². The predicted octanol–water partition coefficient (Wildman–Crippen LogP) is 2.46. The fourth-order valence-electron chi connectivity index (χ4n) is 3.50. The third-order valence-corrected chi connectivity index (χ3v) is 5.07. The fraction of sp³-hybridized carbons (Fsp3) is 0.286. The summed E-state index contributed by atoms with van der Waals surface area (Å²) in [6, 6.07) is 11.8. The van der Waals surface area contributed by atoms with E-state index in [1.807, 2.05) is 43.3 Å². The average Bonchev–Trinajstić information content (AvgIpc) is 3.23. The van der Waals surface area contributed by atoms with Crippen molar-refractivity contribution in [3.8, 4) is 17.2 Å². The van der Waals surface area contributed by atoms with Crippen LogP contribution in [0.25, 0.3) is 10.9 Å². The van der Waals surface area contributed by atoms with Crippen LogP contribution in [-0.4, -0.2) is 48.1 Å². The van der Waals surface area contributed by atoms with E-state index in [1.54, 1.807) is 7.11 Å². The molecule has 2 N–H and O–H groups in total. The number of aliphatic imine (C=N–C) groups is 1. The van der Waals surface area contributed by atoms with Crippen LogP contribution in [0, 0.1) is 6.92 Å². The van der Waals surface area contributed by atoms with E-state index in [9.17, 15) is 0 Å². The summed E-state index contributed by atoms with van der Waals surface area (Å²) < 4.78 is 16.1. The van der Waals surface area contributed by atoms with Gasteiger partial charge in [0.15, 0.2) is 11.5 Å². The van der Waals surface area contributed by atoms with Gasteiger partial charge in [-0.1, -0.05) is 6.07 Å². The number of nitrogens with one attached hydrogen (secondary N) is 2. The summed E-state index contributed by atoms with van der Waals surface area (Å²) in [6.45, 7) is 4.22. The summed E-state index contributed by atoms with van der Waals surface area (Å²) in [4.78, 5) is 15.9. The number of aromatic nitrogens is 2. The van der Waals surface area contributed by atoms with Crippen molar-refractivity contribution in [1.29, 1.82) is 0 Å². The van der Waals surface area contributed by atoms with E-state index < -0.39 is 0 Å². The molecule has 30 heavy (non-hydrogen) atoms. The van der Waals surface area contributed by atoms with Crippen molar-refractivity contribution >= 4 is 22.8 Å². The van der Waals surface area contributed by atoms with Crippen molar-refractivity contribution in [2.24, 2.45) is 4.99 Å². The summed E-state index contributed by atoms with van der Waals surface area (Å²) in [6.07, 6.45) is 0. The third-order valence-electron chi connectivity index (χ3n) is 5.07. The zero-order valence-electron chi connectivity index (χ0n) is 16.8. The van der Waals surface area contributed by atoms with Crippen molar-refractivity contribution in [1.82, 2.24) is 20.2 Å². The minimum absolute atomic E-state index is 0.285. The van der Waals surface area contributed by atoms with Gasteiger partial charge in [0, 0.05) is 11.9 Å². The van der Waals surface area contributed by atoms with E-state index in [-0.39, 0.29) is 6.79 Å². The van der Waals surface area contributed by atoms with Gasteiger partial charge in [0.1, 0.15) is 5.75 Å². The molecule has 0 fully saturated rings. The Morgan fingerprint density at radius 1 is 1.13 bits per heavy atom. The van der Waals surface area contributed by atoms with Crippen molar-refractivity contribution < 1.29 is 14.2 Å². The van der Waals surface area contributed by atoms with Gasteiger partial charge in [-0.05, 0) is 42.8 Å². The van der Waals surface area contributed by atoms with Gasteiger partial charge >= 0.3 is 0 Å². The molecule has 2 aromatic carbocycles. The van der Waals surface area contributed by atoms with Crippen LogP contribution in [-0.2, 0) is 6.54 Å². The molecule has 0 atom stereocenters. The standard InChI is InChI=1S/C21H22N6O3/c1-13-16-8-15(28-2)4-5-17(16)25-21(24-13)26-20-22-10-27(11-23-20)9-14-3-6-18-19(7-14)30-12-29-18/h3-8H,9-12H2,1-2H3,(H2,22,23,24,25,26). The van der Waals surface area contributed by atoms with Crippen LogP contribution >= 0.6 is 0 Å². The first-order chi connectivity index (χ1) is 14.7. The second kappa shape index (κ2) is 7.68. The van der Waals surface area contributed by atoms with Gasteiger partial charge in [-0.15, -0.1) is 0 Å². The van der Waals surface area contributed by atoms with Crippen LogP contribution in [0.3, 0.4) is 0 Å². The summed E-state index contributed by atoms with van der Waals surface area (Å²) >= 11 is 0. The summed E-state index contributed by atoms with van der Waals surface area (Å²) in [5.41, 5.74) is 2.88. The Morgan fingerprint density at radius 2 is 2.03 bits per heavy atom. The molecule has 2 aliphatic rings. The maximum absolute atomic E-state index is 5.45. The van der Waals surface area contributed by atoms with E-state index in [2.05, 4.69) is 30.5 Å². The molecule has 2 aliphatic heterocycles. The normalized spacial score (nSPS) is 15.6. The molecule has 0 radical (unpaired) electrons. The number of benzene rings is 2. The zero-order chi connectivity index (χ0) is 20.5. The lowest BCUT2D eigenvalue weighted by atomic mass is 10.2. The van der Waals surface area contributed by atoms with Gasteiger partial charge < -0.3 is 19.5 Å². The van der Waals surface area contributed by atoms with Gasteiger partial charge in [0.05, 0.1) is 31.7 Å². The Hall–Kier alpha value is -3.59. The molecular weight excluding hydrogens is 384 g/mol. The Bertz CT molecular complexity index is 1130. The number of anilines is 1. The number of guanidine groups is 1. The average molecular weight is 406 g/mol. The largest absolute Gasteiger partial charge is 0.497 e. The van der Waals surface area contributed by atoms with Gasteiger partial charge in [0.2, 0.25) is 18.7 Å². The second-order valence-corrected chi connectivity index (χ2v) is 7.14. The number of ether oxygens (including phenoxy) is 3. The number of fused-ring (bicyclic) bond motifs is 2. The molecular formula is C21H22N6O3. The molecule has 3 heterocycles. The highest BCUT2D eigenvalue weighted by molar-refractivity contribution is 5.93. The number of aryl methyl sites for hydroxylation is 1. The number of rotatable bonds is 4. The molecule has 0 saturated carbocycles. The molecule has 0 saturated heterocycles. The van der Waals surface area contributed by atoms with Gasteiger partial charge in [0.25, 0.3) is 0 Å². The maximum Gasteiger partial charge on any atom is 0.231 e. The Labute approximate surface area is 173 Å². The first kappa shape index (κ1) is 18.4. The summed E-state index contributed by atoms with van der Waals surface area (Å²) in [7, 11) is 1.65. The maximum atomic E-state index is 5.45. The third kappa shape index (κ3) is 3.67. The molecule has 0 aliphatic carbocycles. The lowest BCUT2D eigenvalue weighted by Gasteiger charge is -2.27. The molecule has 9 nitrogen and oxygen atoms in total. The van der Waals surface area contributed by atoms with Crippen LogP contribution < -0.4 is 24.8 Å². The van der Waals surface area contributed by atoms with Crippen LogP contribution in [0.15, 0.2) is 41.4 Å². The van der Waals surface area contributed by atoms with Crippen molar-refractivity contribution in [3.05, 3.63) is 47.7 Å². The first-order valence-electron chi connectivity index (χ1n) is 9.66. The monoisotopic (exact) mass is 406 g/mol. The highest BCUT2D eigenvalue weighted by Gasteiger charge is 2.17. The van der Waals surface area contributed by atoms with Crippen LogP contribution in [0.4, 0.5) is 5.95 Å². The quantitative estimate of drug-likeness (QED) is 0.683. The SMILES string of the molecule is COc1ccc2nc(NC3=NCN(Cc4ccc5c(c4)OCO5)CN3)nc(C)c2c1. The topological polar surface area (TPSA) is 93.1 Å². The molecule has 1 aromatic heterocycles. The number of methoxy groups -OCH3 is 1. The molecule has 3 aromatic rings. The molecule has 154 valence electrons. The van der Waals surface area contributed by atoms with Crippen LogP contribution in [0.2, 0.25) is 0 Å². The Morgan fingerprint density at radius 3 is 2.87 bits per heavy atom. The smallest absolute Gasteiger partial charge is 0.231 e. The molecule has 0 amide bonds. The lowest BCUT2D eigenvalue weighted by Crippen LogP contribution is -2.45. The van der Waals surface area contributed by atoms with E-state index in [0.717, 1.165) is 46.0 Å². The van der Waals surface area contributed by atoms with E-state index in [4.69, 9.17) is 14.2 Å². The number of hydrogen-bond donors (Lipinski definition) is 2. The van der Waals surface area contributed by atoms with Gasteiger partial charge in [-0.2, -0.15) is 0 Å². The van der Waals surface area contributed by atoms with E-state index in [1.165, 1.54) is 0 Å². The second-order valence-electron chi connectivity index (χ2n) is 7.14. The highest BCUT2D eigenvalue weighted by Crippen LogP contribution is 2.32. The summed E-state index contributed by atoms with van der Waals surface area (Å²) in [5.74, 6) is 3.55. The first-order valence-corrected chi connectivity index (χ1v) is 9.66. The highest BCUT2D eigenvalue weighted by atomic mass is 16.7. The Balaban J connectivity index is 1.25. The van der Waals surface area contributed by atoms with E-state index in [0.29, 0.717) is 25.2 Å². The van der Waals surface area contributed by atoms with Crippen molar-refractivity contribution in [2.75, 3.05) is 32.6 Å². The number of nitrogens with zero attached hydrogens (tertiary/aromatic N) is 4. The van der Waals surface area contributed by atoms with Crippen LogP contribution in [0.5, 0.6) is 17.2 Å². The number of hydrogen-bond acceptors (Lipinski definition) is 9. The van der Waals surface area contributed by atoms with Crippen molar-refractivity contribution in [2.45, 2.75) is 13.5 Å². The molecule has 0 unspecified atom stereocenters. The minimum Gasteiger partial charge on any atom is -0.497 e. The molecule has 0 spiro atoms. The minimum atomic E-state index is 0.285. The fourth-order valence-corrected chi connectivity index (χ4v) is 3.50. The van der Waals surface area contributed by atoms with Crippen molar-refractivity contribution in [3.63, 3.8) is 0 Å². The molecule has 0 bridgehead atoms. The van der Waals surface area contributed by atoms with Gasteiger partial charge in [-0.3, -0.25) is 10.2 Å². The molecule has 5 rings (SSSR count). The summed E-state index contributed by atoms with van der Waals surface area (Å²) in [5, 5.41) is 7.43. The van der Waals surface area contributed by atoms with E-state index >= 15 is 0 Å². The predicted molar refractivity (Wildman–Crippen MR) is 113 cm³/mol. The Kier molecular flexibility index (Phi) is 4.72. The van der Waals surface area contributed by atoms with Crippen LogP contribution in [0.1, 0.15) is 11.3 Å². The molecule has 9 heteroatoms.